The molecule has 23 heavy (non-hydrogen) atoms. The molecule has 0 aliphatic heterocycles. The second-order valence-corrected chi connectivity index (χ2v) is 6.28. The van der Waals surface area contributed by atoms with Crippen molar-refractivity contribution in [1.82, 2.24) is 4.90 Å². The number of amides is 1. The molecule has 2 aromatic rings. The number of benzene rings is 2. The van der Waals surface area contributed by atoms with E-state index in [0.29, 0.717) is 17.9 Å². The summed E-state index contributed by atoms with van der Waals surface area (Å²) in [5.41, 5.74) is 0.692. The van der Waals surface area contributed by atoms with Crippen LogP contribution in [0.5, 0.6) is 5.75 Å². The van der Waals surface area contributed by atoms with E-state index in [1.54, 1.807) is 39.1 Å². The molecule has 2 aromatic carbocycles. The lowest BCUT2D eigenvalue weighted by molar-refractivity contribution is 0.0367. The maximum atomic E-state index is 12.4. The molecule has 0 unspecified atom stereocenters. The maximum Gasteiger partial charge on any atom is 0.253 e. The van der Waals surface area contributed by atoms with E-state index in [2.05, 4.69) is 0 Å². The number of hydrogen-bond acceptors (Lipinski definition) is 3. The van der Waals surface area contributed by atoms with Crippen molar-refractivity contribution in [3.05, 3.63) is 65.7 Å². The summed E-state index contributed by atoms with van der Waals surface area (Å²) < 4.78 is 5.74. The van der Waals surface area contributed by atoms with Crippen LogP contribution in [0.4, 0.5) is 0 Å². The molecule has 0 atom stereocenters. The summed E-state index contributed by atoms with van der Waals surface area (Å²) in [6, 6.07) is 17.0. The topological polar surface area (TPSA) is 49.8 Å². The largest absolute Gasteiger partial charge is 0.489 e. The van der Waals surface area contributed by atoms with Crippen LogP contribution in [0.2, 0.25) is 0 Å². The van der Waals surface area contributed by atoms with Gasteiger partial charge in [0, 0.05) is 19.2 Å². The van der Waals surface area contributed by atoms with Crippen LogP contribution in [0.1, 0.15) is 29.8 Å². The molecule has 0 bridgehead atoms. The Hall–Kier alpha value is -2.33. The number of aliphatic hydroxyl groups is 1. The van der Waals surface area contributed by atoms with Gasteiger partial charge in [0.05, 0.1) is 5.60 Å². The summed E-state index contributed by atoms with van der Waals surface area (Å²) >= 11 is 0. The van der Waals surface area contributed by atoms with Gasteiger partial charge in [-0.3, -0.25) is 4.79 Å². The molecule has 0 aliphatic carbocycles. The Labute approximate surface area is 137 Å². The van der Waals surface area contributed by atoms with Crippen molar-refractivity contribution in [2.24, 2.45) is 0 Å². The first kappa shape index (κ1) is 17.0. The smallest absolute Gasteiger partial charge is 0.253 e. The fourth-order valence-corrected chi connectivity index (χ4v) is 2.33. The summed E-state index contributed by atoms with van der Waals surface area (Å²) in [6.45, 7) is 4.07. The minimum absolute atomic E-state index is 0.141. The molecule has 0 saturated heterocycles. The van der Waals surface area contributed by atoms with Crippen LogP contribution in [0.3, 0.4) is 0 Å². The van der Waals surface area contributed by atoms with Crippen LogP contribution in [-0.2, 0) is 6.61 Å². The average molecular weight is 313 g/mol. The Morgan fingerprint density at radius 1 is 1.13 bits per heavy atom. The monoisotopic (exact) mass is 313 g/mol. The summed E-state index contributed by atoms with van der Waals surface area (Å²) in [4.78, 5) is 13.9. The van der Waals surface area contributed by atoms with E-state index in [9.17, 15) is 9.90 Å². The minimum atomic E-state index is -0.925. The molecule has 0 fully saturated rings. The summed E-state index contributed by atoms with van der Waals surface area (Å²) in [6.07, 6.45) is 0. The predicted molar refractivity (Wildman–Crippen MR) is 90.5 cm³/mol. The molecular formula is C19H23NO3. The van der Waals surface area contributed by atoms with Gasteiger partial charge in [0.15, 0.2) is 0 Å². The third-order valence-electron chi connectivity index (χ3n) is 3.30. The lowest BCUT2D eigenvalue weighted by Crippen LogP contribution is -2.39. The first-order valence-corrected chi connectivity index (χ1v) is 7.60. The molecule has 1 N–H and O–H groups in total. The molecule has 0 spiro atoms. The van der Waals surface area contributed by atoms with E-state index in [0.717, 1.165) is 5.56 Å². The van der Waals surface area contributed by atoms with Crippen molar-refractivity contribution in [3.63, 3.8) is 0 Å². The molecule has 0 saturated carbocycles. The van der Waals surface area contributed by atoms with Crippen LogP contribution < -0.4 is 4.74 Å². The fourth-order valence-electron chi connectivity index (χ4n) is 2.33. The molecule has 0 aromatic heterocycles. The minimum Gasteiger partial charge on any atom is -0.489 e. The number of carbonyl (C=O) groups excluding carboxylic acids is 1. The zero-order valence-corrected chi connectivity index (χ0v) is 13.8. The summed E-state index contributed by atoms with van der Waals surface area (Å²) in [5, 5.41) is 9.83. The van der Waals surface area contributed by atoms with Crippen molar-refractivity contribution < 1.29 is 14.6 Å². The van der Waals surface area contributed by atoms with Crippen LogP contribution in [0.25, 0.3) is 0 Å². The zero-order chi connectivity index (χ0) is 16.9. The van der Waals surface area contributed by atoms with Crippen LogP contribution in [0.15, 0.2) is 54.6 Å². The van der Waals surface area contributed by atoms with Gasteiger partial charge in [0.2, 0.25) is 0 Å². The molecule has 0 aliphatic rings. The highest BCUT2D eigenvalue weighted by molar-refractivity contribution is 5.94. The second-order valence-electron chi connectivity index (χ2n) is 6.28. The number of ether oxygens (including phenoxy) is 1. The summed E-state index contributed by atoms with van der Waals surface area (Å²) in [5.74, 6) is 0.508. The Bertz CT molecular complexity index is 647. The van der Waals surface area contributed by atoms with Crippen LogP contribution in [0, 0.1) is 0 Å². The molecule has 122 valence electrons. The fraction of sp³-hybridized carbons (Fsp3) is 0.316. The van der Waals surface area contributed by atoms with Crippen molar-refractivity contribution in [2.45, 2.75) is 26.1 Å². The SMILES string of the molecule is CN(CC(C)(C)O)C(=O)c1cccc(OCc2ccccc2)c1. The van der Waals surface area contributed by atoms with Gasteiger partial charge in [-0.1, -0.05) is 36.4 Å². The highest BCUT2D eigenvalue weighted by Gasteiger charge is 2.20. The Morgan fingerprint density at radius 3 is 2.48 bits per heavy atom. The number of nitrogens with zero attached hydrogens (tertiary/aromatic N) is 1. The van der Waals surface area contributed by atoms with Crippen LogP contribution in [-0.4, -0.2) is 35.1 Å². The number of rotatable bonds is 6. The lowest BCUT2D eigenvalue weighted by atomic mass is 10.1. The van der Waals surface area contributed by atoms with Gasteiger partial charge in [-0.25, -0.2) is 0 Å². The van der Waals surface area contributed by atoms with Crippen molar-refractivity contribution >= 4 is 5.91 Å². The van der Waals surface area contributed by atoms with E-state index in [4.69, 9.17) is 4.74 Å². The molecule has 2 rings (SSSR count). The maximum absolute atomic E-state index is 12.4. The Balaban J connectivity index is 2.03. The van der Waals surface area contributed by atoms with Crippen LogP contribution >= 0.6 is 0 Å². The van der Waals surface area contributed by atoms with E-state index < -0.39 is 5.60 Å². The standard InChI is InChI=1S/C19H23NO3/c1-19(2,22)14-20(3)18(21)16-10-7-11-17(12-16)23-13-15-8-5-4-6-9-15/h4-12,22H,13-14H2,1-3H3. The molecular weight excluding hydrogens is 290 g/mol. The highest BCUT2D eigenvalue weighted by Crippen LogP contribution is 2.17. The normalized spacial score (nSPS) is 11.1. The molecule has 0 heterocycles. The number of hydrogen-bond donors (Lipinski definition) is 1. The highest BCUT2D eigenvalue weighted by atomic mass is 16.5. The van der Waals surface area contributed by atoms with Gasteiger partial charge >= 0.3 is 0 Å². The van der Waals surface area contributed by atoms with Crippen molar-refractivity contribution in [1.29, 1.82) is 0 Å². The quantitative estimate of drug-likeness (QED) is 0.891. The van der Waals surface area contributed by atoms with Crippen molar-refractivity contribution in [2.75, 3.05) is 13.6 Å². The molecule has 4 heteroatoms. The first-order chi connectivity index (χ1) is 10.8. The average Bonchev–Trinajstić information content (AvgIpc) is 2.52. The third kappa shape index (κ3) is 5.42. The van der Waals surface area contributed by atoms with E-state index in [1.807, 2.05) is 36.4 Å². The zero-order valence-electron chi connectivity index (χ0n) is 13.8. The molecule has 0 radical (unpaired) electrons. The number of likely N-dealkylation sites (N-methyl/N-ethyl adjacent to an activating group) is 1. The van der Waals surface area contributed by atoms with Gasteiger partial charge in [0.1, 0.15) is 12.4 Å². The Morgan fingerprint density at radius 2 is 1.83 bits per heavy atom. The van der Waals surface area contributed by atoms with Gasteiger partial charge in [-0.2, -0.15) is 0 Å². The van der Waals surface area contributed by atoms with Crippen molar-refractivity contribution in [3.8, 4) is 5.75 Å². The predicted octanol–water partition coefficient (Wildman–Crippen LogP) is 3.11. The van der Waals surface area contributed by atoms with E-state index in [-0.39, 0.29) is 12.5 Å². The summed E-state index contributed by atoms with van der Waals surface area (Å²) in [7, 11) is 1.68. The van der Waals surface area contributed by atoms with Gasteiger partial charge < -0.3 is 14.7 Å². The van der Waals surface area contributed by atoms with Gasteiger partial charge in [-0.15, -0.1) is 0 Å². The second kappa shape index (κ2) is 7.29. The van der Waals surface area contributed by atoms with E-state index >= 15 is 0 Å². The van der Waals surface area contributed by atoms with Gasteiger partial charge in [0.25, 0.3) is 5.91 Å². The first-order valence-electron chi connectivity index (χ1n) is 7.60. The van der Waals surface area contributed by atoms with Gasteiger partial charge in [-0.05, 0) is 37.6 Å². The molecule has 4 nitrogen and oxygen atoms in total. The number of carbonyl (C=O) groups is 1. The van der Waals surface area contributed by atoms with E-state index in [1.165, 1.54) is 4.90 Å². The third-order valence-corrected chi connectivity index (χ3v) is 3.30. The Kier molecular flexibility index (Phi) is 5.40. The lowest BCUT2D eigenvalue weighted by Gasteiger charge is -2.25. The molecule has 1 amide bonds.